The van der Waals surface area contributed by atoms with E-state index in [-0.39, 0.29) is 34.7 Å². The van der Waals surface area contributed by atoms with E-state index in [0.29, 0.717) is 0 Å². The van der Waals surface area contributed by atoms with E-state index in [0.717, 1.165) is 4.57 Å². The second kappa shape index (κ2) is 7.18. The molecule has 126 valence electrons. The molecule has 0 unspecified atom stereocenters. The number of pyridine rings is 1. The molecule has 25 heavy (non-hydrogen) atoms. The number of nitrogens with zero attached hydrogens (tertiary/aromatic N) is 5. The van der Waals surface area contributed by atoms with Crippen LogP contribution in [0.5, 0.6) is 5.88 Å². The fourth-order valence-corrected chi connectivity index (χ4v) is 2.16. The van der Waals surface area contributed by atoms with Crippen molar-refractivity contribution in [3.63, 3.8) is 0 Å². The van der Waals surface area contributed by atoms with Crippen LogP contribution in [0.2, 0.25) is 0 Å². The lowest BCUT2D eigenvalue weighted by Gasteiger charge is -2.11. The molecule has 0 aliphatic carbocycles. The lowest BCUT2D eigenvalue weighted by molar-refractivity contribution is -0.384. The smallest absolute Gasteiger partial charge is 0.296 e. The summed E-state index contributed by atoms with van der Waals surface area (Å²) < 4.78 is 0.923. The zero-order valence-electron chi connectivity index (χ0n) is 13.2. The lowest BCUT2D eigenvalue weighted by Crippen LogP contribution is -2.21. The van der Waals surface area contributed by atoms with Crippen LogP contribution >= 0.6 is 0 Å². The monoisotopic (exact) mass is 339 g/mol. The Morgan fingerprint density at radius 2 is 2.12 bits per heavy atom. The summed E-state index contributed by atoms with van der Waals surface area (Å²) in [5.41, 5.74) is -1.17. The van der Waals surface area contributed by atoms with Gasteiger partial charge in [-0.05, 0) is 13.0 Å². The molecule has 0 bridgehead atoms. The largest absolute Gasteiger partial charge is 0.493 e. The van der Waals surface area contributed by atoms with Crippen LogP contribution in [-0.2, 0) is 6.54 Å². The number of hydrogen-bond acceptors (Lipinski definition) is 7. The molecule has 0 spiro atoms. The number of para-hydroxylation sites is 1. The summed E-state index contributed by atoms with van der Waals surface area (Å²) >= 11 is 0. The molecule has 1 aromatic heterocycles. The molecule has 9 heteroatoms. The molecule has 9 nitrogen and oxygen atoms in total. The molecule has 0 amide bonds. The molecule has 2 aromatic rings. The zero-order chi connectivity index (χ0) is 18.6. The molecule has 0 aliphatic rings. The minimum atomic E-state index is -0.684. The first-order valence-corrected chi connectivity index (χ1v) is 7.04. The van der Waals surface area contributed by atoms with Gasteiger partial charge in [0.25, 0.3) is 11.2 Å². The summed E-state index contributed by atoms with van der Waals surface area (Å²) in [6.45, 7) is 4.89. The van der Waals surface area contributed by atoms with Gasteiger partial charge in [0.15, 0.2) is 11.4 Å². The number of aromatic nitrogens is 1. The number of aromatic hydroxyl groups is 1. The van der Waals surface area contributed by atoms with Crippen LogP contribution in [0.15, 0.2) is 51.9 Å². The Kier molecular flexibility index (Phi) is 5.04. The molecule has 0 aliphatic heterocycles. The van der Waals surface area contributed by atoms with E-state index in [1.165, 1.54) is 31.2 Å². The Hall–Kier alpha value is -3.80. The van der Waals surface area contributed by atoms with E-state index in [1.54, 1.807) is 12.1 Å². The Bertz CT molecular complexity index is 985. The molecule has 1 aromatic carbocycles. The molecule has 0 atom stereocenters. The molecular formula is C16H13N5O4. The molecule has 0 saturated heterocycles. The van der Waals surface area contributed by atoms with Crippen LogP contribution in [-0.4, -0.2) is 14.6 Å². The minimum Gasteiger partial charge on any atom is -0.493 e. The van der Waals surface area contributed by atoms with E-state index in [4.69, 9.17) is 0 Å². The van der Waals surface area contributed by atoms with Crippen LogP contribution < -0.4 is 5.56 Å². The number of nitriles is 1. The van der Waals surface area contributed by atoms with Gasteiger partial charge in [0.1, 0.15) is 11.6 Å². The van der Waals surface area contributed by atoms with Crippen molar-refractivity contribution in [2.75, 3.05) is 0 Å². The fraction of sp³-hybridized carbons (Fsp3) is 0.125. The van der Waals surface area contributed by atoms with Crippen molar-refractivity contribution >= 4 is 17.1 Å². The lowest BCUT2D eigenvalue weighted by atomic mass is 10.1. The van der Waals surface area contributed by atoms with Crippen LogP contribution in [0.1, 0.15) is 11.1 Å². The second-order valence-corrected chi connectivity index (χ2v) is 4.93. The summed E-state index contributed by atoms with van der Waals surface area (Å²) in [5, 5.41) is 37.8. The molecular weight excluding hydrogens is 326 g/mol. The van der Waals surface area contributed by atoms with Crippen molar-refractivity contribution in [3.05, 3.63) is 68.5 Å². The van der Waals surface area contributed by atoms with Gasteiger partial charge in [0.2, 0.25) is 5.88 Å². The van der Waals surface area contributed by atoms with Gasteiger partial charge in [-0.25, -0.2) is 0 Å². The third kappa shape index (κ3) is 3.28. The predicted octanol–water partition coefficient (Wildman–Crippen LogP) is 3.24. The maximum Gasteiger partial charge on any atom is 0.296 e. The minimum absolute atomic E-state index is 0.0341. The molecule has 1 N–H and O–H groups in total. The summed E-state index contributed by atoms with van der Waals surface area (Å²) in [7, 11) is 0. The van der Waals surface area contributed by atoms with E-state index < -0.39 is 16.4 Å². The van der Waals surface area contributed by atoms with Gasteiger partial charge in [0, 0.05) is 18.2 Å². The Morgan fingerprint density at radius 3 is 2.72 bits per heavy atom. The van der Waals surface area contributed by atoms with Gasteiger partial charge in [-0.2, -0.15) is 5.26 Å². The maximum atomic E-state index is 12.5. The maximum absolute atomic E-state index is 12.5. The fourth-order valence-electron chi connectivity index (χ4n) is 2.16. The topological polar surface area (TPSA) is 134 Å². The molecule has 1 heterocycles. The van der Waals surface area contributed by atoms with Crippen molar-refractivity contribution in [1.82, 2.24) is 4.57 Å². The van der Waals surface area contributed by atoms with Crippen LogP contribution in [0, 0.1) is 28.4 Å². The average Bonchev–Trinajstić information content (AvgIpc) is 2.59. The van der Waals surface area contributed by atoms with Gasteiger partial charge in [-0.1, -0.05) is 18.2 Å². The number of hydrogen-bond donors (Lipinski definition) is 1. The summed E-state index contributed by atoms with van der Waals surface area (Å²) in [6, 6.07) is 7.47. The number of benzene rings is 1. The highest BCUT2D eigenvalue weighted by molar-refractivity contribution is 5.59. The number of nitro benzene ring substituents is 1. The standard InChI is InChI=1S/C16H13N5O4/c1-3-8-20-15(22)11(9-17)10(2)14(16(20)23)19-18-12-6-4-5-7-13(12)21(24)25/h3-7,22H,1,8H2,2H3. The highest BCUT2D eigenvalue weighted by atomic mass is 16.6. The molecule has 0 radical (unpaired) electrons. The molecule has 0 fully saturated rings. The SMILES string of the molecule is C=CCn1c(O)c(C#N)c(C)c(N=Nc2ccccc2[N+](=O)[O-])c1=O. The van der Waals surface area contributed by atoms with Gasteiger partial charge >= 0.3 is 0 Å². The quantitative estimate of drug-likeness (QED) is 0.386. The van der Waals surface area contributed by atoms with E-state index >= 15 is 0 Å². The van der Waals surface area contributed by atoms with Gasteiger partial charge < -0.3 is 5.11 Å². The van der Waals surface area contributed by atoms with Crippen LogP contribution in [0.3, 0.4) is 0 Å². The highest BCUT2D eigenvalue weighted by Crippen LogP contribution is 2.30. The van der Waals surface area contributed by atoms with Gasteiger partial charge in [-0.3, -0.25) is 19.5 Å². The zero-order valence-corrected chi connectivity index (χ0v) is 13.2. The number of nitro groups is 1. The summed E-state index contributed by atoms with van der Waals surface area (Å²) in [6.07, 6.45) is 1.38. The second-order valence-electron chi connectivity index (χ2n) is 4.93. The molecule has 0 saturated carbocycles. The van der Waals surface area contributed by atoms with E-state index in [1.807, 2.05) is 0 Å². The van der Waals surface area contributed by atoms with Crippen LogP contribution in [0.25, 0.3) is 0 Å². The number of rotatable bonds is 5. The number of azo groups is 1. The average molecular weight is 339 g/mol. The summed E-state index contributed by atoms with van der Waals surface area (Å²) in [4.78, 5) is 22.9. The van der Waals surface area contributed by atoms with E-state index in [9.17, 15) is 25.3 Å². The van der Waals surface area contributed by atoms with Crippen molar-refractivity contribution in [2.45, 2.75) is 13.5 Å². The highest BCUT2D eigenvalue weighted by Gasteiger charge is 2.19. The summed E-state index contributed by atoms with van der Waals surface area (Å²) in [5.74, 6) is -0.491. The normalized spacial score (nSPS) is 10.6. The first-order chi connectivity index (χ1) is 11.9. The first kappa shape index (κ1) is 17.6. The van der Waals surface area contributed by atoms with E-state index in [2.05, 4.69) is 16.8 Å². The van der Waals surface area contributed by atoms with Crippen molar-refractivity contribution in [1.29, 1.82) is 5.26 Å². The van der Waals surface area contributed by atoms with Crippen molar-refractivity contribution < 1.29 is 10.0 Å². The third-order valence-corrected chi connectivity index (χ3v) is 3.42. The Morgan fingerprint density at radius 1 is 1.44 bits per heavy atom. The van der Waals surface area contributed by atoms with Crippen molar-refractivity contribution in [3.8, 4) is 11.9 Å². The first-order valence-electron chi connectivity index (χ1n) is 7.04. The number of allylic oxidation sites excluding steroid dienone is 1. The van der Waals surface area contributed by atoms with Gasteiger partial charge in [-0.15, -0.1) is 16.8 Å². The van der Waals surface area contributed by atoms with Crippen LogP contribution in [0.4, 0.5) is 17.1 Å². The van der Waals surface area contributed by atoms with Gasteiger partial charge in [0.05, 0.1) is 4.92 Å². The predicted molar refractivity (Wildman–Crippen MR) is 89.3 cm³/mol. The molecule has 2 rings (SSSR count). The van der Waals surface area contributed by atoms with Crippen molar-refractivity contribution in [2.24, 2.45) is 10.2 Å². The Balaban J connectivity index is 2.67. The third-order valence-electron chi connectivity index (χ3n) is 3.42. The Labute approximate surface area is 142 Å².